The molecule has 0 aliphatic carbocycles. The van der Waals surface area contributed by atoms with Crippen molar-refractivity contribution in [3.8, 4) is 5.75 Å². The molecule has 13 heavy (non-hydrogen) atoms. The fourth-order valence-corrected chi connectivity index (χ4v) is 0.882. The Morgan fingerprint density at radius 2 is 2.15 bits per heavy atom. The molecular weight excluding hydrogens is 172 g/mol. The summed E-state index contributed by atoms with van der Waals surface area (Å²) in [5, 5.41) is 13.2. The van der Waals surface area contributed by atoms with Gasteiger partial charge >= 0.3 is 0 Å². The van der Waals surface area contributed by atoms with E-state index in [0.717, 1.165) is 0 Å². The first-order valence-electron chi connectivity index (χ1n) is 3.68. The lowest BCUT2D eigenvalue weighted by atomic mass is 10.3. The van der Waals surface area contributed by atoms with E-state index < -0.39 is 0 Å². The van der Waals surface area contributed by atoms with Gasteiger partial charge in [0, 0.05) is 21.1 Å². The zero-order valence-electron chi connectivity index (χ0n) is 7.77. The van der Waals surface area contributed by atoms with E-state index in [4.69, 9.17) is 5.73 Å². The number of nitrogen functional groups attached to an aromatic ring is 1. The lowest BCUT2D eigenvalue weighted by Crippen LogP contribution is -2.22. The molecule has 1 rings (SSSR count). The van der Waals surface area contributed by atoms with E-state index in [0.29, 0.717) is 0 Å². The summed E-state index contributed by atoms with van der Waals surface area (Å²) in [7, 11) is 4.71. The number of hydrogen-bond acceptors (Lipinski definition) is 4. The molecule has 3 N–H and O–H groups in total. The smallest absolute Gasteiger partial charge is 0.277 e. The molecule has 0 spiro atoms. The monoisotopic (exact) mass is 184 g/mol. The Hall–Kier alpha value is -1.72. The van der Waals surface area contributed by atoms with Gasteiger partial charge in [-0.1, -0.05) is 0 Å². The summed E-state index contributed by atoms with van der Waals surface area (Å²) in [6.45, 7) is 0. The molecule has 1 amide bonds. The van der Waals surface area contributed by atoms with Crippen LogP contribution >= 0.6 is 0 Å². The van der Waals surface area contributed by atoms with Gasteiger partial charge in [0.05, 0.1) is 0 Å². The van der Waals surface area contributed by atoms with Crippen molar-refractivity contribution in [2.75, 3.05) is 19.8 Å². The van der Waals surface area contributed by atoms with Gasteiger partial charge in [-0.05, 0) is 0 Å². The predicted molar refractivity (Wildman–Crippen MR) is 47.3 cm³/mol. The topological polar surface area (TPSA) is 84.4 Å². The first-order valence-corrected chi connectivity index (χ1v) is 3.68. The van der Waals surface area contributed by atoms with Crippen LogP contribution in [0.4, 0.5) is 5.82 Å². The Morgan fingerprint density at radius 3 is 2.46 bits per heavy atom. The Kier molecular flexibility index (Phi) is 2.14. The summed E-state index contributed by atoms with van der Waals surface area (Å²) in [6, 6.07) is 0. The predicted octanol–water partition coefficient (Wildman–Crippen LogP) is -0.590. The summed E-state index contributed by atoms with van der Waals surface area (Å²) >= 11 is 0. The molecule has 0 saturated carbocycles. The lowest BCUT2D eigenvalue weighted by Gasteiger charge is -2.06. The molecule has 0 aromatic carbocycles. The van der Waals surface area contributed by atoms with Gasteiger partial charge in [0.1, 0.15) is 0 Å². The second-order valence-electron chi connectivity index (χ2n) is 2.91. The summed E-state index contributed by atoms with van der Waals surface area (Å²) < 4.78 is 1.26. The van der Waals surface area contributed by atoms with Crippen molar-refractivity contribution in [2.45, 2.75) is 0 Å². The van der Waals surface area contributed by atoms with Crippen molar-refractivity contribution >= 4 is 11.7 Å². The van der Waals surface area contributed by atoms with Gasteiger partial charge in [-0.2, -0.15) is 5.10 Å². The molecular formula is C7H12N4O2. The minimum atomic E-state index is -0.371. The van der Waals surface area contributed by atoms with Crippen molar-refractivity contribution in [1.29, 1.82) is 0 Å². The third-order valence-corrected chi connectivity index (χ3v) is 1.67. The molecule has 0 bridgehead atoms. The molecule has 1 aromatic heterocycles. The van der Waals surface area contributed by atoms with E-state index in [-0.39, 0.29) is 23.2 Å². The second-order valence-corrected chi connectivity index (χ2v) is 2.91. The molecule has 0 aliphatic rings. The number of carbonyl (C=O) groups is 1. The van der Waals surface area contributed by atoms with Crippen LogP contribution in [-0.4, -0.2) is 39.8 Å². The zero-order valence-corrected chi connectivity index (χ0v) is 7.77. The van der Waals surface area contributed by atoms with Gasteiger partial charge in [0.2, 0.25) is 0 Å². The summed E-state index contributed by atoms with van der Waals surface area (Å²) in [5.41, 5.74) is 5.40. The number of nitrogens with two attached hydrogens (primary N) is 1. The van der Waals surface area contributed by atoms with Gasteiger partial charge in [-0.15, -0.1) is 0 Å². The molecule has 6 nitrogen and oxygen atoms in total. The average Bonchev–Trinajstić information content (AvgIpc) is 2.31. The van der Waals surface area contributed by atoms with E-state index in [1.807, 2.05) is 0 Å². The van der Waals surface area contributed by atoms with Crippen molar-refractivity contribution in [2.24, 2.45) is 7.05 Å². The van der Waals surface area contributed by atoms with Crippen molar-refractivity contribution in [1.82, 2.24) is 14.7 Å². The van der Waals surface area contributed by atoms with Crippen LogP contribution in [0.3, 0.4) is 0 Å². The summed E-state index contributed by atoms with van der Waals surface area (Å²) in [6.07, 6.45) is 0. The second kappa shape index (κ2) is 2.96. The minimum absolute atomic E-state index is 0.0231. The van der Waals surface area contributed by atoms with Gasteiger partial charge in [-0.3, -0.25) is 4.79 Å². The number of nitrogens with zero attached hydrogens (tertiary/aromatic N) is 3. The SMILES string of the molecule is CN(C)C(=O)c1nn(C)c(N)c1O. The standard InChI is InChI=1S/C7H12N4O2/c1-10(2)7(13)4-5(12)6(8)11(3)9-4/h12H,8H2,1-3H3. The third kappa shape index (κ3) is 1.42. The van der Waals surface area contributed by atoms with Crippen LogP contribution < -0.4 is 5.73 Å². The Balaban J connectivity index is 3.16. The molecule has 0 unspecified atom stereocenters. The normalized spacial score (nSPS) is 10.1. The van der Waals surface area contributed by atoms with Gasteiger partial charge < -0.3 is 15.7 Å². The molecule has 0 radical (unpaired) electrons. The highest BCUT2D eigenvalue weighted by molar-refractivity contribution is 5.96. The van der Waals surface area contributed by atoms with Gasteiger partial charge in [0.15, 0.2) is 17.3 Å². The number of aryl methyl sites for hydroxylation is 1. The number of anilines is 1. The van der Waals surface area contributed by atoms with Crippen LogP contribution in [0.5, 0.6) is 5.75 Å². The fourth-order valence-electron chi connectivity index (χ4n) is 0.882. The molecule has 1 heterocycles. The first-order chi connectivity index (χ1) is 5.95. The lowest BCUT2D eigenvalue weighted by molar-refractivity contribution is 0.0818. The minimum Gasteiger partial charge on any atom is -0.503 e. The Labute approximate surface area is 75.6 Å². The van der Waals surface area contributed by atoms with Crippen LogP contribution in [0.2, 0.25) is 0 Å². The molecule has 0 aliphatic heterocycles. The third-order valence-electron chi connectivity index (χ3n) is 1.67. The van der Waals surface area contributed by atoms with E-state index in [1.54, 1.807) is 21.1 Å². The van der Waals surface area contributed by atoms with Crippen molar-refractivity contribution in [3.05, 3.63) is 5.69 Å². The maximum absolute atomic E-state index is 11.4. The number of hydrogen-bond donors (Lipinski definition) is 2. The molecule has 6 heteroatoms. The van der Waals surface area contributed by atoms with E-state index in [1.165, 1.54) is 9.58 Å². The van der Waals surface area contributed by atoms with Crippen molar-refractivity contribution < 1.29 is 9.90 Å². The number of aromatic hydroxyl groups is 1. The highest BCUT2D eigenvalue weighted by Gasteiger charge is 2.20. The first kappa shape index (κ1) is 9.37. The number of rotatable bonds is 1. The van der Waals surface area contributed by atoms with Crippen LogP contribution in [-0.2, 0) is 7.05 Å². The van der Waals surface area contributed by atoms with Crippen LogP contribution in [0.15, 0.2) is 0 Å². The van der Waals surface area contributed by atoms with Crippen LogP contribution in [0.25, 0.3) is 0 Å². The maximum atomic E-state index is 11.4. The van der Waals surface area contributed by atoms with Crippen molar-refractivity contribution in [3.63, 3.8) is 0 Å². The van der Waals surface area contributed by atoms with Crippen LogP contribution in [0, 0.1) is 0 Å². The Morgan fingerprint density at radius 1 is 1.62 bits per heavy atom. The Bertz CT molecular complexity index is 343. The quantitative estimate of drug-likeness (QED) is 0.611. The summed E-state index contributed by atoms with van der Waals surface area (Å²) in [4.78, 5) is 12.7. The zero-order chi connectivity index (χ0) is 10.2. The highest BCUT2D eigenvalue weighted by Crippen LogP contribution is 2.23. The molecule has 0 saturated heterocycles. The average molecular weight is 184 g/mol. The summed E-state index contributed by atoms with van der Waals surface area (Å²) in [5.74, 6) is -0.545. The number of amides is 1. The van der Waals surface area contributed by atoms with E-state index in [2.05, 4.69) is 5.10 Å². The maximum Gasteiger partial charge on any atom is 0.277 e. The van der Waals surface area contributed by atoms with Crippen LogP contribution in [0.1, 0.15) is 10.5 Å². The molecule has 1 aromatic rings. The van der Waals surface area contributed by atoms with Gasteiger partial charge in [-0.25, -0.2) is 4.68 Å². The highest BCUT2D eigenvalue weighted by atomic mass is 16.3. The fraction of sp³-hybridized carbons (Fsp3) is 0.429. The van der Waals surface area contributed by atoms with E-state index in [9.17, 15) is 9.90 Å². The number of carbonyl (C=O) groups excluding carboxylic acids is 1. The molecule has 0 atom stereocenters. The number of aromatic nitrogens is 2. The van der Waals surface area contributed by atoms with Gasteiger partial charge in [0.25, 0.3) is 5.91 Å². The largest absolute Gasteiger partial charge is 0.503 e. The van der Waals surface area contributed by atoms with E-state index >= 15 is 0 Å². The molecule has 0 fully saturated rings. The molecule has 72 valence electrons.